The van der Waals surface area contributed by atoms with Crippen molar-refractivity contribution in [1.29, 1.82) is 0 Å². The Hall–Kier alpha value is -2.17. The Morgan fingerprint density at radius 2 is 1.50 bits per heavy atom. The number of hydrogen-bond donors (Lipinski definition) is 1. The molecule has 2 aromatic rings. The van der Waals surface area contributed by atoms with Crippen LogP contribution in [0, 0.1) is 0 Å². The van der Waals surface area contributed by atoms with Gasteiger partial charge in [0.2, 0.25) is 0 Å². The molecule has 2 aromatic carbocycles. The Morgan fingerprint density at radius 1 is 0.875 bits per heavy atom. The number of phenols is 1. The number of Topliss-reactive ketones (excluding diaryl/α,β-unsaturated/α-hetero) is 1. The minimum Gasteiger partial charge on any atom is -0.508 e. The Bertz CT molecular complexity index is 647. The molecular formula is C20H24N2O2. The van der Waals surface area contributed by atoms with Crippen molar-refractivity contribution in [2.75, 3.05) is 32.7 Å². The smallest absolute Gasteiger partial charge is 0.164 e. The average molecular weight is 324 g/mol. The van der Waals surface area contributed by atoms with Crippen LogP contribution in [0.3, 0.4) is 0 Å². The molecule has 0 aliphatic carbocycles. The van der Waals surface area contributed by atoms with Gasteiger partial charge in [-0.25, -0.2) is 0 Å². The highest BCUT2D eigenvalue weighted by atomic mass is 16.3. The maximum atomic E-state index is 12.2. The molecule has 1 aliphatic heterocycles. The third-order valence-electron chi connectivity index (χ3n) is 4.56. The van der Waals surface area contributed by atoms with Crippen LogP contribution < -0.4 is 0 Å². The zero-order valence-corrected chi connectivity index (χ0v) is 13.9. The Labute approximate surface area is 143 Å². The van der Waals surface area contributed by atoms with Gasteiger partial charge >= 0.3 is 0 Å². The van der Waals surface area contributed by atoms with Crippen LogP contribution in [0.4, 0.5) is 0 Å². The first-order valence-corrected chi connectivity index (χ1v) is 8.51. The minimum atomic E-state index is 0.140. The number of rotatable bonds is 6. The molecule has 4 nitrogen and oxygen atoms in total. The molecule has 1 aliphatic rings. The second-order valence-electron chi connectivity index (χ2n) is 6.32. The number of aromatic hydroxyl groups is 1. The topological polar surface area (TPSA) is 43.8 Å². The molecule has 1 heterocycles. The highest BCUT2D eigenvalue weighted by Crippen LogP contribution is 2.13. The largest absolute Gasteiger partial charge is 0.508 e. The summed E-state index contributed by atoms with van der Waals surface area (Å²) in [7, 11) is 0. The van der Waals surface area contributed by atoms with E-state index in [-0.39, 0.29) is 11.5 Å². The molecule has 24 heavy (non-hydrogen) atoms. The van der Waals surface area contributed by atoms with Crippen LogP contribution in [0.15, 0.2) is 54.6 Å². The zero-order chi connectivity index (χ0) is 16.8. The van der Waals surface area contributed by atoms with E-state index in [1.165, 1.54) is 5.56 Å². The number of nitrogens with zero attached hydrogens (tertiary/aromatic N) is 2. The molecule has 0 amide bonds. The fraction of sp³-hybridized carbons (Fsp3) is 0.350. The number of benzene rings is 2. The van der Waals surface area contributed by atoms with E-state index in [4.69, 9.17) is 0 Å². The molecular weight excluding hydrogens is 300 g/mol. The summed E-state index contributed by atoms with van der Waals surface area (Å²) in [6.07, 6.45) is 0.531. The molecule has 0 atom stereocenters. The monoisotopic (exact) mass is 324 g/mol. The van der Waals surface area contributed by atoms with Gasteiger partial charge in [-0.1, -0.05) is 30.3 Å². The molecule has 0 radical (unpaired) electrons. The van der Waals surface area contributed by atoms with Gasteiger partial charge in [-0.3, -0.25) is 9.69 Å². The van der Waals surface area contributed by atoms with Gasteiger partial charge in [-0.05, 0) is 29.8 Å². The first-order valence-electron chi connectivity index (χ1n) is 8.51. The van der Waals surface area contributed by atoms with E-state index >= 15 is 0 Å². The van der Waals surface area contributed by atoms with Crippen molar-refractivity contribution in [2.45, 2.75) is 13.0 Å². The number of carbonyl (C=O) groups is 1. The molecule has 0 saturated carbocycles. The molecule has 1 fully saturated rings. The summed E-state index contributed by atoms with van der Waals surface area (Å²) in [5.41, 5.74) is 2.03. The van der Waals surface area contributed by atoms with Crippen LogP contribution in [0.25, 0.3) is 0 Å². The van der Waals surface area contributed by atoms with E-state index in [1.807, 2.05) is 6.07 Å². The highest BCUT2D eigenvalue weighted by molar-refractivity contribution is 5.96. The summed E-state index contributed by atoms with van der Waals surface area (Å²) < 4.78 is 0. The van der Waals surface area contributed by atoms with Crippen molar-refractivity contribution in [2.24, 2.45) is 0 Å². The summed E-state index contributed by atoms with van der Waals surface area (Å²) in [6, 6.07) is 17.1. The minimum absolute atomic E-state index is 0.140. The van der Waals surface area contributed by atoms with Crippen molar-refractivity contribution in [3.05, 3.63) is 65.7 Å². The Kier molecular flexibility index (Phi) is 5.62. The van der Waals surface area contributed by atoms with E-state index in [0.717, 1.165) is 39.3 Å². The SMILES string of the molecule is O=C(CCN1CCN(Cc2ccccc2)CC1)c1ccc(O)cc1. The van der Waals surface area contributed by atoms with Gasteiger partial charge < -0.3 is 10.0 Å². The van der Waals surface area contributed by atoms with Crippen LogP contribution in [0.5, 0.6) is 5.75 Å². The highest BCUT2D eigenvalue weighted by Gasteiger charge is 2.17. The van der Waals surface area contributed by atoms with Crippen molar-refractivity contribution < 1.29 is 9.90 Å². The maximum absolute atomic E-state index is 12.2. The first kappa shape index (κ1) is 16.7. The van der Waals surface area contributed by atoms with E-state index in [1.54, 1.807) is 24.3 Å². The molecule has 126 valence electrons. The molecule has 1 N–H and O–H groups in total. The third kappa shape index (κ3) is 4.66. The van der Waals surface area contributed by atoms with Crippen LogP contribution in [-0.4, -0.2) is 53.4 Å². The van der Waals surface area contributed by atoms with E-state index in [2.05, 4.69) is 34.1 Å². The van der Waals surface area contributed by atoms with Gasteiger partial charge in [0.1, 0.15) is 5.75 Å². The van der Waals surface area contributed by atoms with Crippen LogP contribution in [-0.2, 0) is 6.54 Å². The second kappa shape index (κ2) is 8.08. The van der Waals surface area contributed by atoms with Gasteiger partial charge in [0, 0.05) is 51.3 Å². The number of hydrogen-bond acceptors (Lipinski definition) is 4. The van der Waals surface area contributed by atoms with Crippen molar-refractivity contribution in [3.63, 3.8) is 0 Å². The van der Waals surface area contributed by atoms with Gasteiger partial charge in [-0.15, -0.1) is 0 Å². The Balaban J connectivity index is 1.41. The van der Waals surface area contributed by atoms with E-state index < -0.39 is 0 Å². The lowest BCUT2D eigenvalue weighted by atomic mass is 10.1. The lowest BCUT2D eigenvalue weighted by molar-refractivity contribution is 0.0922. The quantitative estimate of drug-likeness (QED) is 0.830. The van der Waals surface area contributed by atoms with Crippen molar-refractivity contribution in [3.8, 4) is 5.75 Å². The Morgan fingerprint density at radius 3 is 2.17 bits per heavy atom. The van der Waals surface area contributed by atoms with Crippen molar-refractivity contribution >= 4 is 5.78 Å². The molecule has 0 bridgehead atoms. The summed E-state index contributed by atoms with van der Waals surface area (Å²) >= 11 is 0. The van der Waals surface area contributed by atoms with Crippen molar-refractivity contribution in [1.82, 2.24) is 9.80 Å². The third-order valence-corrected chi connectivity index (χ3v) is 4.56. The molecule has 1 saturated heterocycles. The number of carbonyl (C=O) groups excluding carboxylic acids is 1. The van der Waals surface area contributed by atoms with Gasteiger partial charge in [0.05, 0.1) is 0 Å². The van der Waals surface area contributed by atoms with E-state index in [0.29, 0.717) is 12.0 Å². The van der Waals surface area contributed by atoms with Gasteiger partial charge in [0.15, 0.2) is 5.78 Å². The fourth-order valence-electron chi connectivity index (χ4n) is 3.06. The standard InChI is InChI=1S/C20H24N2O2/c23-19-8-6-18(7-9-19)20(24)10-11-21-12-14-22(15-13-21)16-17-4-2-1-3-5-17/h1-9,23H,10-16H2. The number of piperazine rings is 1. The molecule has 0 aromatic heterocycles. The van der Waals surface area contributed by atoms with E-state index in [9.17, 15) is 9.90 Å². The number of ketones is 1. The molecule has 0 unspecified atom stereocenters. The summed E-state index contributed by atoms with van der Waals surface area (Å²) in [4.78, 5) is 17.0. The lowest BCUT2D eigenvalue weighted by Crippen LogP contribution is -2.46. The second-order valence-corrected chi connectivity index (χ2v) is 6.32. The normalized spacial score (nSPS) is 16.2. The summed E-state index contributed by atoms with van der Waals surface area (Å²) in [6.45, 7) is 5.91. The van der Waals surface area contributed by atoms with Crippen LogP contribution in [0.2, 0.25) is 0 Å². The van der Waals surface area contributed by atoms with Crippen LogP contribution >= 0.6 is 0 Å². The number of phenolic OH excluding ortho intramolecular Hbond substituents is 1. The molecule has 3 rings (SSSR count). The molecule has 0 spiro atoms. The van der Waals surface area contributed by atoms with Gasteiger partial charge in [-0.2, -0.15) is 0 Å². The summed E-state index contributed by atoms with van der Waals surface area (Å²) in [5.74, 6) is 0.336. The summed E-state index contributed by atoms with van der Waals surface area (Å²) in [5, 5.41) is 9.28. The van der Waals surface area contributed by atoms with Crippen LogP contribution in [0.1, 0.15) is 22.3 Å². The van der Waals surface area contributed by atoms with Gasteiger partial charge in [0.25, 0.3) is 0 Å². The predicted octanol–water partition coefficient (Wildman–Crippen LogP) is 2.78. The first-order chi connectivity index (χ1) is 11.7. The zero-order valence-electron chi connectivity index (χ0n) is 13.9. The fourth-order valence-corrected chi connectivity index (χ4v) is 3.06. The lowest BCUT2D eigenvalue weighted by Gasteiger charge is -2.34. The average Bonchev–Trinajstić information content (AvgIpc) is 2.62. The molecule has 4 heteroatoms. The predicted molar refractivity (Wildman–Crippen MR) is 95.2 cm³/mol. The maximum Gasteiger partial charge on any atom is 0.164 e.